The lowest BCUT2D eigenvalue weighted by molar-refractivity contribution is -0.119. The molecule has 1 amide bonds. The average molecular weight is 234 g/mol. The van der Waals surface area contributed by atoms with E-state index in [0.29, 0.717) is 13.0 Å². The van der Waals surface area contributed by atoms with Crippen molar-refractivity contribution in [1.29, 1.82) is 0 Å². The van der Waals surface area contributed by atoms with E-state index in [-0.39, 0.29) is 11.9 Å². The quantitative estimate of drug-likeness (QED) is 0.698. The monoisotopic (exact) mass is 234 g/mol. The molecule has 17 heavy (non-hydrogen) atoms. The van der Waals surface area contributed by atoms with Crippen LogP contribution in [0.4, 0.5) is 0 Å². The number of amides is 1. The third-order valence-corrected chi connectivity index (χ3v) is 3.00. The van der Waals surface area contributed by atoms with Gasteiger partial charge in [-0.1, -0.05) is 30.3 Å². The van der Waals surface area contributed by atoms with Crippen LogP contribution in [-0.4, -0.2) is 30.1 Å². The summed E-state index contributed by atoms with van der Waals surface area (Å²) < 4.78 is 0. The summed E-state index contributed by atoms with van der Waals surface area (Å²) in [5, 5.41) is 16.0. The van der Waals surface area contributed by atoms with Crippen LogP contribution in [-0.2, 0) is 4.79 Å². The van der Waals surface area contributed by atoms with Gasteiger partial charge in [-0.05, 0) is 12.0 Å². The van der Waals surface area contributed by atoms with Crippen LogP contribution in [0, 0.1) is 0 Å². The molecule has 1 aliphatic rings. The van der Waals surface area contributed by atoms with Crippen molar-refractivity contribution in [3.05, 3.63) is 35.9 Å². The number of hydrogen-bond donors (Lipinski definition) is 3. The van der Waals surface area contributed by atoms with Gasteiger partial charge < -0.3 is 15.7 Å². The molecule has 0 aliphatic carbocycles. The zero-order valence-electron chi connectivity index (χ0n) is 9.73. The summed E-state index contributed by atoms with van der Waals surface area (Å²) in [4.78, 5) is 11.0. The molecular formula is C13H18N2O2. The molecule has 1 aromatic carbocycles. The number of benzene rings is 1. The van der Waals surface area contributed by atoms with Crippen molar-refractivity contribution in [1.82, 2.24) is 10.6 Å². The minimum atomic E-state index is -0.492. The standard InChI is InChI=1S/C13H18N2O2/c16-12(10-4-2-1-3-5-10)9-14-8-11-6-7-13(17)15-11/h1-5,11-12,14,16H,6-9H2,(H,15,17). The Kier molecular flexibility index (Phi) is 4.12. The van der Waals surface area contributed by atoms with Crippen LogP contribution < -0.4 is 10.6 Å². The third-order valence-electron chi connectivity index (χ3n) is 3.00. The summed E-state index contributed by atoms with van der Waals surface area (Å²) in [5.74, 6) is 0.125. The number of aliphatic hydroxyl groups excluding tert-OH is 1. The summed E-state index contributed by atoms with van der Waals surface area (Å²) >= 11 is 0. The van der Waals surface area contributed by atoms with Gasteiger partial charge >= 0.3 is 0 Å². The highest BCUT2D eigenvalue weighted by molar-refractivity contribution is 5.78. The van der Waals surface area contributed by atoms with E-state index in [1.165, 1.54) is 0 Å². The number of hydrogen-bond acceptors (Lipinski definition) is 3. The molecule has 0 bridgehead atoms. The van der Waals surface area contributed by atoms with Gasteiger partial charge in [-0.2, -0.15) is 0 Å². The van der Waals surface area contributed by atoms with E-state index in [0.717, 1.165) is 18.5 Å². The third kappa shape index (κ3) is 3.54. The van der Waals surface area contributed by atoms with Gasteiger partial charge in [0.25, 0.3) is 0 Å². The molecule has 0 aromatic heterocycles. The van der Waals surface area contributed by atoms with Crippen molar-refractivity contribution in [3.63, 3.8) is 0 Å². The smallest absolute Gasteiger partial charge is 0.220 e. The first kappa shape index (κ1) is 12.1. The Balaban J connectivity index is 1.70. The maximum absolute atomic E-state index is 11.0. The zero-order chi connectivity index (χ0) is 12.1. The average Bonchev–Trinajstić information content (AvgIpc) is 2.76. The van der Waals surface area contributed by atoms with Crippen LogP contribution in [0.25, 0.3) is 0 Å². The lowest BCUT2D eigenvalue weighted by Crippen LogP contribution is -2.37. The highest BCUT2D eigenvalue weighted by Crippen LogP contribution is 2.11. The van der Waals surface area contributed by atoms with Gasteiger partial charge in [0, 0.05) is 25.6 Å². The SMILES string of the molecule is O=C1CCC(CNCC(O)c2ccccc2)N1. The van der Waals surface area contributed by atoms with E-state index in [2.05, 4.69) is 10.6 Å². The van der Waals surface area contributed by atoms with Crippen molar-refractivity contribution >= 4 is 5.91 Å². The second-order valence-electron chi connectivity index (χ2n) is 4.39. The Morgan fingerprint density at radius 1 is 1.41 bits per heavy atom. The molecule has 4 nitrogen and oxygen atoms in total. The minimum absolute atomic E-state index is 0.125. The second-order valence-corrected chi connectivity index (χ2v) is 4.39. The molecule has 1 heterocycles. The van der Waals surface area contributed by atoms with Crippen molar-refractivity contribution in [3.8, 4) is 0 Å². The number of nitrogens with one attached hydrogen (secondary N) is 2. The Morgan fingerprint density at radius 3 is 2.82 bits per heavy atom. The topological polar surface area (TPSA) is 61.4 Å². The highest BCUT2D eigenvalue weighted by Gasteiger charge is 2.20. The molecule has 1 aliphatic heterocycles. The first-order valence-electron chi connectivity index (χ1n) is 5.99. The second kappa shape index (κ2) is 5.80. The summed E-state index contributed by atoms with van der Waals surface area (Å²) in [6.45, 7) is 1.23. The Labute approximate surface area is 101 Å². The van der Waals surface area contributed by atoms with E-state index in [1.54, 1.807) is 0 Å². The van der Waals surface area contributed by atoms with Crippen LogP contribution >= 0.6 is 0 Å². The Hall–Kier alpha value is -1.39. The van der Waals surface area contributed by atoms with Crippen molar-refractivity contribution in [2.75, 3.05) is 13.1 Å². The first-order chi connectivity index (χ1) is 8.25. The molecule has 0 saturated carbocycles. The maximum atomic E-state index is 11.0. The molecule has 3 N–H and O–H groups in total. The summed E-state index contributed by atoms with van der Waals surface area (Å²) in [6, 6.07) is 9.78. The number of aliphatic hydroxyl groups is 1. The van der Waals surface area contributed by atoms with Gasteiger partial charge in [0.1, 0.15) is 0 Å². The molecule has 1 saturated heterocycles. The lowest BCUT2D eigenvalue weighted by atomic mass is 10.1. The van der Waals surface area contributed by atoms with Crippen LogP contribution in [0.3, 0.4) is 0 Å². The summed E-state index contributed by atoms with van der Waals surface area (Å²) in [5.41, 5.74) is 0.912. The van der Waals surface area contributed by atoms with Crippen molar-refractivity contribution < 1.29 is 9.90 Å². The van der Waals surface area contributed by atoms with E-state index >= 15 is 0 Å². The fourth-order valence-electron chi connectivity index (χ4n) is 2.02. The molecule has 1 fully saturated rings. The van der Waals surface area contributed by atoms with E-state index in [9.17, 15) is 9.90 Å². The van der Waals surface area contributed by atoms with Gasteiger partial charge in [0.2, 0.25) is 5.91 Å². The number of rotatable bonds is 5. The lowest BCUT2D eigenvalue weighted by Gasteiger charge is -2.15. The van der Waals surface area contributed by atoms with Gasteiger partial charge in [0.15, 0.2) is 0 Å². The molecule has 1 aromatic rings. The fraction of sp³-hybridized carbons (Fsp3) is 0.462. The highest BCUT2D eigenvalue weighted by atomic mass is 16.3. The van der Waals surface area contributed by atoms with Crippen LogP contribution in [0.5, 0.6) is 0 Å². The fourth-order valence-corrected chi connectivity index (χ4v) is 2.02. The zero-order valence-corrected chi connectivity index (χ0v) is 9.73. The van der Waals surface area contributed by atoms with Crippen LogP contribution in [0.15, 0.2) is 30.3 Å². The number of carbonyl (C=O) groups excluding carboxylic acids is 1. The van der Waals surface area contributed by atoms with Gasteiger partial charge in [-0.3, -0.25) is 4.79 Å². The molecule has 2 unspecified atom stereocenters. The minimum Gasteiger partial charge on any atom is -0.387 e. The Morgan fingerprint density at radius 2 is 2.18 bits per heavy atom. The largest absolute Gasteiger partial charge is 0.387 e. The van der Waals surface area contributed by atoms with E-state index in [1.807, 2.05) is 30.3 Å². The molecule has 0 spiro atoms. The molecule has 2 atom stereocenters. The summed E-state index contributed by atoms with van der Waals surface area (Å²) in [7, 11) is 0. The molecule has 92 valence electrons. The molecule has 0 radical (unpaired) electrons. The first-order valence-corrected chi connectivity index (χ1v) is 5.99. The molecular weight excluding hydrogens is 216 g/mol. The summed E-state index contributed by atoms with van der Waals surface area (Å²) in [6.07, 6.45) is 1.01. The van der Waals surface area contributed by atoms with Crippen LogP contribution in [0.1, 0.15) is 24.5 Å². The molecule has 2 rings (SSSR count). The van der Waals surface area contributed by atoms with Gasteiger partial charge in [0.05, 0.1) is 6.10 Å². The van der Waals surface area contributed by atoms with Crippen molar-refractivity contribution in [2.24, 2.45) is 0 Å². The van der Waals surface area contributed by atoms with Crippen LogP contribution in [0.2, 0.25) is 0 Å². The van der Waals surface area contributed by atoms with E-state index < -0.39 is 6.10 Å². The van der Waals surface area contributed by atoms with Crippen molar-refractivity contribution in [2.45, 2.75) is 25.0 Å². The predicted molar refractivity (Wildman–Crippen MR) is 65.4 cm³/mol. The van der Waals surface area contributed by atoms with Gasteiger partial charge in [-0.15, -0.1) is 0 Å². The number of carbonyl (C=O) groups is 1. The molecule has 4 heteroatoms. The normalized spacial score (nSPS) is 21.2. The maximum Gasteiger partial charge on any atom is 0.220 e. The predicted octanol–water partition coefficient (Wildman–Crippen LogP) is 0.588. The van der Waals surface area contributed by atoms with Gasteiger partial charge in [-0.25, -0.2) is 0 Å². The Bertz CT molecular complexity index is 367. The van der Waals surface area contributed by atoms with E-state index in [4.69, 9.17) is 0 Å².